The molecular formula is C19H19ClFNO6. The van der Waals surface area contributed by atoms with Crippen LogP contribution in [-0.2, 0) is 19.1 Å². The minimum Gasteiger partial charge on any atom is -0.479 e. The van der Waals surface area contributed by atoms with Crippen molar-refractivity contribution >= 4 is 23.5 Å². The summed E-state index contributed by atoms with van der Waals surface area (Å²) in [6.07, 6.45) is 0.365. The summed E-state index contributed by atoms with van der Waals surface area (Å²) in [6.45, 7) is 3.40. The number of aromatic nitrogens is 1. The van der Waals surface area contributed by atoms with E-state index in [1.165, 1.54) is 25.3 Å². The number of ether oxygens (including phenoxy) is 4. The van der Waals surface area contributed by atoms with Gasteiger partial charge in [0.25, 0.3) is 5.88 Å². The van der Waals surface area contributed by atoms with Gasteiger partial charge in [0.1, 0.15) is 18.1 Å². The van der Waals surface area contributed by atoms with Crippen molar-refractivity contribution in [2.75, 3.05) is 13.2 Å². The first-order chi connectivity index (χ1) is 13.4. The number of carbonyl (C=O) groups excluding carboxylic acids is 2. The van der Waals surface area contributed by atoms with Gasteiger partial charge in [0.05, 0.1) is 18.1 Å². The number of halogens is 2. The van der Waals surface area contributed by atoms with Crippen molar-refractivity contribution in [2.45, 2.75) is 26.4 Å². The smallest absolute Gasteiger partial charge is 0.347 e. The number of hydrogen-bond donors (Lipinski definition) is 0. The van der Waals surface area contributed by atoms with Crippen molar-refractivity contribution in [3.05, 3.63) is 47.4 Å². The Morgan fingerprint density at radius 1 is 1.18 bits per heavy atom. The van der Waals surface area contributed by atoms with Crippen LogP contribution >= 0.6 is 11.6 Å². The molecule has 2 aromatic rings. The van der Waals surface area contributed by atoms with Crippen LogP contribution in [0.3, 0.4) is 0 Å². The highest BCUT2D eigenvalue weighted by molar-refractivity contribution is 6.30. The van der Waals surface area contributed by atoms with E-state index in [2.05, 4.69) is 4.98 Å². The van der Waals surface area contributed by atoms with Crippen molar-refractivity contribution in [1.29, 1.82) is 0 Å². The second-order valence-electron chi connectivity index (χ2n) is 5.50. The number of esters is 2. The molecule has 0 amide bonds. The van der Waals surface area contributed by atoms with Crippen LogP contribution in [0.1, 0.15) is 20.3 Å². The summed E-state index contributed by atoms with van der Waals surface area (Å²) >= 11 is 5.64. The van der Waals surface area contributed by atoms with Crippen LogP contribution in [0.2, 0.25) is 5.02 Å². The fraction of sp³-hybridized carbons (Fsp3) is 0.316. The minimum absolute atomic E-state index is 0.0202. The first kappa shape index (κ1) is 21.4. The Labute approximate surface area is 166 Å². The highest BCUT2D eigenvalue weighted by Crippen LogP contribution is 2.26. The van der Waals surface area contributed by atoms with E-state index in [4.69, 9.17) is 30.5 Å². The SMILES string of the molecule is CCOC(=O)CCOC(=O)C(C)Oc1ccc(Oc2ncc(Cl)cc2F)cc1. The van der Waals surface area contributed by atoms with Crippen LogP contribution in [-0.4, -0.2) is 36.2 Å². The van der Waals surface area contributed by atoms with Gasteiger partial charge in [-0.25, -0.2) is 14.2 Å². The van der Waals surface area contributed by atoms with E-state index in [0.717, 1.165) is 6.07 Å². The lowest BCUT2D eigenvalue weighted by atomic mass is 10.3. The molecule has 1 aromatic heterocycles. The third-order valence-corrected chi connectivity index (χ3v) is 3.52. The second-order valence-corrected chi connectivity index (χ2v) is 5.93. The summed E-state index contributed by atoms with van der Waals surface area (Å²) in [7, 11) is 0. The van der Waals surface area contributed by atoms with Gasteiger partial charge in [-0.3, -0.25) is 4.79 Å². The molecule has 1 unspecified atom stereocenters. The molecular weight excluding hydrogens is 393 g/mol. The molecule has 7 nitrogen and oxygen atoms in total. The van der Waals surface area contributed by atoms with Crippen molar-refractivity contribution in [3.8, 4) is 17.4 Å². The summed E-state index contributed by atoms with van der Waals surface area (Å²) < 4.78 is 34.2. The van der Waals surface area contributed by atoms with Crippen LogP contribution < -0.4 is 9.47 Å². The first-order valence-corrected chi connectivity index (χ1v) is 8.84. The number of rotatable bonds is 9. The maximum atomic E-state index is 13.7. The van der Waals surface area contributed by atoms with E-state index in [-0.39, 0.29) is 30.5 Å². The van der Waals surface area contributed by atoms with Gasteiger partial charge in [0.15, 0.2) is 11.9 Å². The molecule has 0 radical (unpaired) electrons. The molecule has 1 atom stereocenters. The topological polar surface area (TPSA) is 84.0 Å². The number of carbonyl (C=O) groups is 2. The van der Waals surface area contributed by atoms with Crippen molar-refractivity contribution in [1.82, 2.24) is 4.98 Å². The Kier molecular flexibility index (Phi) is 8.01. The van der Waals surface area contributed by atoms with E-state index in [9.17, 15) is 14.0 Å². The van der Waals surface area contributed by atoms with E-state index in [1.54, 1.807) is 19.1 Å². The summed E-state index contributed by atoms with van der Waals surface area (Å²) in [5.74, 6) is -1.25. The van der Waals surface area contributed by atoms with E-state index in [0.29, 0.717) is 11.5 Å². The zero-order valence-electron chi connectivity index (χ0n) is 15.3. The quantitative estimate of drug-likeness (QED) is 0.578. The number of benzene rings is 1. The number of nitrogens with zero attached hydrogens (tertiary/aromatic N) is 1. The monoisotopic (exact) mass is 411 g/mol. The Bertz CT molecular complexity index is 815. The Morgan fingerprint density at radius 2 is 1.86 bits per heavy atom. The third-order valence-electron chi connectivity index (χ3n) is 3.31. The first-order valence-electron chi connectivity index (χ1n) is 8.47. The summed E-state index contributed by atoms with van der Waals surface area (Å²) in [5, 5.41) is 0.164. The third kappa shape index (κ3) is 6.70. The molecule has 0 spiro atoms. The Morgan fingerprint density at radius 3 is 2.50 bits per heavy atom. The van der Waals surface area contributed by atoms with Crippen molar-refractivity contribution in [3.63, 3.8) is 0 Å². The molecule has 1 heterocycles. The Balaban J connectivity index is 1.84. The molecule has 9 heteroatoms. The van der Waals surface area contributed by atoms with Crippen LogP contribution in [0.4, 0.5) is 4.39 Å². The lowest BCUT2D eigenvalue weighted by Gasteiger charge is -2.14. The highest BCUT2D eigenvalue weighted by atomic mass is 35.5. The predicted molar refractivity (Wildman–Crippen MR) is 98.0 cm³/mol. The zero-order chi connectivity index (χ0) is 20.5. The maximum Gasteiger partial charge on any atom is 0.347 e. The molecule has 0 aliphatic carbocycles. The predicted octanol–water partition coefficient (Wildman–Crippen LogP) is 3.93. The zero-order valence-corrected chi connectivity index (χ0v) is 16.1. The van der Waals surface area contributed by atoms with E-state index in [1.807, 2.05) is 0 Å². The summed E-state index contributed by atoms with van der Waals surface area (Å²) in [4.78, 5) is 26.8. The van der Waals surface area contributed by atoms with Crippen LogP contribution in [0.15, 0.2) is 36.5 Å². The molecule has 2 rings (SSSR count). The number of hydrogen-bond acceptors (Lipinski definition) is 7. The second kappa shape index (κ2) is 10.5. The molecule has 0 saturated carbocycles. The van der Waals surface area contributed by atoms with E-state index < -0.39 is 23.9 Å². The summed E-state index contributed by atoms with van der Waals surface area (Å²) in [5.41, 5.74) is 0. The molecule has 0 aliphatic rings. The van der Waals surface area contributed by atoms with E-state index >= 15 is 0 Å². The standard InChI is InChI=1S/C19H19ClFNO6/c1-3-25-17(23)8-9-26-19(24)12(2)27-14-4-6-15(7-5-14)28-18-16(21)10-13(20)11-22-18/h4-7,10-12H,3,8-9H2,1-2H3. The van der Waals surface area contributed by atoms with Gasteiger partial charge in [-0.15, -0.1) is 0 Å². The largest absolute Gasteiger partial charge is 0.479 e. The molecule has 0 bridgehead atoms. The Hall–Kier alpha value is -2.87. The van der Waals surface area contributed by atoms with Crippen LogP contribution in [0.5, 0.6) is 17.4 Å². The van der Waals surface area contributed by atoms with Gasteiger partial charge < -0.3 is 18.9 Å². The van der Waals surface area contributed by atoms with Gasteiger partial charge in [0.2, 0.25) is 0 Å². The van der Waals surface area contributed by atoms with Crippen LogP contribution in [0.25, 0.3) is 0 Å². The van der Waals surface area contributed by atoms with Gasteiger partial charge in [-0.2, -0.15) is 0 Å². The van der Waals surface area contributed by atoms with Gasteiger partial charge in [-0.1, -0.05) is 11.6 Å². The maximum absolute atomic E-state index is 13.7. The average Bonchev–Trinajstić information content (AvgIpc) is 2.65. The van der Waals surface area contributed by atoms with Gasteiger partial charge in [-0.05, 0) is 44.2 Å². The lowest BCUT2D eigenvalue weighted by Crippen LogP contribution is -2.27. The van der Waals surface area contributed by atoms with Gasteiger partial charge >= 0.3 is 11.9 Å². The minimum atomic E-state index is -0.885. The number of pyridine rings is 1. The fourth-order valence-corrected chi connectivity index (χ4v) is 2.16. The normalized spacial score (nSPS) is 11.4. The summed E-state index contributed by atoms with van der Waals surface area (Å²) in [6, 6.07) is 7.25. The fourth-order valence-electron chi connectivity index (χ4n) is 2.01. The molecule has 1 aromatic carbocycles. The van der Waals surface area contributed by atoms with Crippen molar-refractivity contribution in [2.24, 2.45) is 0 Å². The highest BCUT2D eigenvalue weighted by Gasteiger charge is 2.17. The van der Waals surface area contributed by atoms with Crippen LogP contribution in [0, 0.1) is 5.82 Å². The average molecular weight is 412 g/mol. The molecule has 0 N–H and O–H groups in total. The molecule has 0 aliphatic heterocycles. The molecule has 0 saturated heterocycles. The van der Waals surface area contributed by atoms with Gasteiger partial charge in [0, 0.05) is 6.20 Å². The molecule has 150 valence electrons. The molecule has 0 fully saturated rings. The lowest BCUT2D eigenvalue weighted by molar-refractivity contribution is -0.154. The van der Waals surface area contributed by atoms with Crippen molar-refractivity contribution < 1.29 is 32.9 Å². The molecule has 28 heavy (non-hydrogen) atoms.